The second-order valence-electron chi connectivity index (χ2n) is 8.20. The molecule has 9 nitrogen and oxygen atoms in total. The molecule has 1 fully saturated rings. The third-order valence-electron chi connectivity index (χ3n) is 5.60. The number of imide groups is 2. The Bertz CT molecular complexity index is 1400. The predicted octanol–water partition coefficient (Wildman–Crippen LogP) is 4.79. The minimum Gasteiger partial charge on any atom is -0.497 e. The van der Waals surface area contributed by atoms with E-state index in [1.165, 1.54) is 19.3 Å². The fraction of sp³-hybridized carbons (Fsp3) is 0.179. The summed E-state index contributed by atoms with van der Waals surface area (Å²) in [7, 11) is 3.02. The highest BCUT2D eigenvalue weighted by molar-refractivity contribution is 6.39. The average Bonchev–Trinajstić information content (AvgIpc) is 2.90. The second kappa shape index (κ2) is 11.7. The number of anilines is 1. The molecule has 4 rings (SSSR count). The summed E-state index contributed by atoms with van der Waals surface area (Å²) in [5, 5.41) is 2.40. The number of halogens is 1. The Kier molecular flexibility index (Phi) is 8.18. The van der Waals surface area contributed by atoms with E-state index in [0.29, 0.717) is 28.5 Å². The molecule has 1 heterocycles. The lowest BCUT2D eigenvalue weighted by molar-refractivity contribution is -0.122. The standard InChI is InChI=1S/C28H25ClN2O7/c1-17-7-9-19(10-8-17)31-27(33)22(26(32)30-28(31)34)13-18-14-23(29)25(24(15-18)36-3)38-12-11-37-21-6-4-5-20(16-21)35-2/h4-10,13-16H,11-12H2,1-3H3,(H,30,32,34)/b22-13-. The number of hydrogen-bond donors (Lipinski definition) is 1. The van der Waals surface area contributed by atoms with Crippen molar-refractivity contribution < 1.29 is 33.3 Å². The molecule has 38 heavy (non-hydrogen) atoms. The monoisotopic (exact) mass is 536 g/mol. The summed E-state index contributed by atoms with van der Waals surface area (Å²) in [5.41, 5.74) is 1.47. The first kappa shape index (κ1) is 26.6. The fourth-order valence-corrected chi connectivity index (χ4v) is 3.98. The van der Waals surface area contributed by atoms with Crippen molar-refractivity contribution >= 4 is 41.2 Å². The minimum absolute atomic E-state index is 0.169. The lowest BCUT2D eigenvalue weighted by atomic mass is 10.1. The molecule has 1 saturated heterocycles. The number of benzene rings is 3. The summed E-state index contributed by atoms with van der Waals surface area (Å²) in [6, 6.07) is 16.3. The lowest BCUT2D eigenvalue weighted by Gasteiger charge is -2.26. The van der Waals surface area contributed by atoms with Crippen molar-refractivity contribution in [2.24, 2.45) is 0 Å². The maximum Gasteiger partial charge on any atom is 0.335 e. The van der Waals surface area contributed by atoms with Crippen molar-refractivity contribution in [2.45, 2.75) is 6.92 Å². The van der Waals surface area contributed by atoms with E-state index >= 15 is 0 Å². The quantitative estimate of drug-likeness (QED) is 0.238. The van der Waals surface area contributed by atoms with E-state index in [-0.39, 0.29) is 29.6 Å². The molecule has 196 valence electrons. The van der Waals surface area contributed by atoms with Gasteiger partial charge in [0.05, 0.1) is 24.9 Å². The number of ether oxygens (including phenoxy) is 4. The van der Waals surface area contributed by atoms with Crippen LogP contribution < -0.4 is 29.2 Å². The van der Waals surface area contributed by atoms with Crippen LogP contribution in [0.1, 0.15) is 11.1 Å². The summed E-state index contributed by atoms with van der Waals surface area (Å²) in [5.74, 6) is 0.305. The summed E-state index contributed by atoms with van der Waals surface area (Å²) in [6.45, 7) is 2.28. The van der Waals surface area contributed by atoms with Gasteiger partial charge in [-0.2, -0.15) is 0 Å². The molecule has 1 aliphatic rings. The maximum absolute atomic E-state index is 13.1. The Labute approximate surface area is 224 Å². The number of aryl methyl sites for hydroxylation is 1. The molecule has 4 amide bonds. The normalized spacial score (nSPS) is 14.4. The van der Waals surface area contributed by atoms with E-state index < -0.39 is 17.8 Å². The Morgan fingerprint density at radius 2 is 1.61 bits per heavy atom. The summed E-state index contributed by atoms with van der Waals surface area (Å²) in [4.78, 5) is 39.0. The van der Waals surface area contributed by atoms with E-state index in [2.05, 4.69) is 5.32 Å². The molecule has 0 aromatic heterocycles. The van der Waals surface area contributed by atoms with Gasteiger partial charge in [0.15, 0.2) is 11.5 Å². The van der Waals surface area contributed by atoms with Crippen molar-refractivity contribution in [1.29, 1.82) is 0 Å². The van der Waals surface area contributed by atoms with Gasteiger partial charge in [0.1, 0.15) is 30.3 Å². The van der Waals surface area contributed by atoms with Crippen LogP contribution in [0.15, 0.2) is 66.2 Å². The van der Waals surface area contributed by atoms with E-state index in [4.69, 9.17) is 30.5 Å². The van der Waals surface area contributed by atoms with Crippen LogP contribution in [-0.4, -0.2) is 45.3 Å². The Balaban J connectivity index is 1.51. The number of barbiturate groups is 1. The van der Waals surface area contributed by atoms with Crippen molar-refractivity contribution in [3.8, 4) is 23.0 Å². The van der Waals surface area contributed by atoms with Gasteiger partial charge in [0.2, 0.25) is 0 Å². The van der Waals surface area contributed by atoms with E-state index in [1.807, 2.05) is 19.1 Å². The van der Waals surface area contributed by atoms with Crippen LogP contribution in [0.5, 0.6) is 23.0 Å². The van der Waals surface area contributed by atoms with E-state index in [1.54, 1.807) is 49.6 Å². The van der Waals surface area contributed by atoms with Gasteiger partial charge in [0.25, 0.3) is 11.8 Å². The number of methoxy groups -OCH3 is 2. The molecule has 3 aromatic carbocycles. The summed E-state index contributed by atoms with van der Waals surface area (Å²) < 4.78 is 22.1. The highest BCUT2D eigenvalue weighted by Gasteiger charge is 2.36. The van der Waals surface area contributed by atoms with Gasteiger partial charge >= 0.3 is 6.03 Å². The fourth-order valence-electron chi connectivity index (χ4n) is 3.71. The van der Waals surface area contributed by atoms with Gasteiger partial charge in [-0.05, 0) is 55.0 Å². The number of hydrogen-bond acceptors (Lipinski definition) is 7. The zero-order chi connectivity index (χ0) is 27.2. The Morgan fingerprint density at radius 3 is 2.32 bits per heavy atom. The molecule has 0 spiro atoms. The molecule has 3 aromatic rings. The van der Waals surface area contributed by atoms with E-state index in [0.717, 1.165) is 10.5 Å². The minimum atomic E-state index is -0.823. The van der Waals surface area contributed by atoms with Gasteiger partial charge in [-0.15, -0.1) is 0 Å². The molecule has 0 aliphatic carbocycles. The van der Waals surface area contributed by atoms with Crippen molar-refractivity contribution in [2.75, 3.05) is 32.3 Å². The third kappa shape index (κ3) is 5.90. The van der Waals surface area contributed by atoms with Crippen LogP contribution in [0.25, 0.3) is 6.08 Å². The molecule has 0 bridgehead atoms. The molecular weight excluding hydrogens is 512 g/mol. The molecular formula is C28H25ClN2O7. The molecule has 1 N–H and O–H groups in total. The molecule has 0 radical (unpaired) electrons. The van der Waals surface area contributed by atoms with E-state index in [9.17, 15) is 14.4 Å². The Hall–Kier alpha value is -4.50. The highest BCUT2D eigenvalue weighted by Crippen LogP contribution is 2.37. The van der Waals surface area contributed by atoms with Gasteiger partial charge in [-0.3, -0.25) is 14.9 Å². The molecule has 0 atom stereocenters. The zero-order valence-electron chi connectivity index (χ0n) is 20.9. The number of nitrogens with zero attached hydrogens (tertiary/aromatic N) is 1. The number of nitrogens with one attached hydrogen (secondary N) is 1. The van der Waals surface area contributed by atoms with Crippen LogP contribution in [0, 0.1) is 6.92 Å². The summed E-state index contributed by atoms with van der Waals surface area (Å²) >= 11 is 6.46. The van der Waals surface area contributed by atoms with Gasteiger partial charge in [-0.25, -0.2) is 9.69 Å². The van der Waals surface area contributed by atoms with Gasteiger partial charge in [-0.1, -0.05) is 35.4 Å². The van der Waals surface area contributed by atoms with Gasteiger partial charge < -0.3 is 18.9 Å². The number of carbonyl (C=O) groups excluding carboxylic acids is 3. The van der Waals surface area contributed by atoms with Crippen LogP contribution in [-0.2, 0) is 9.59 Å². The first-order valence-corrected chi connectivity index (χ1v) is 11.9. The smallest absolute Gasteiger partial charge is 0.335 e. The third-order valence-corrected chi connectivity index (χ3v) is 5.88. The number of carbonyl (C=O) groups is 3. The predicted molar refractivity (Wildman–Crippen MR) is 142 cm³/mol. The largest absolute Gasteiger partial charge is 0.497 e. The lowest BCUT2D eigenvalue weighted by Crippen LogP contribution is -2.54. The van der Waals surface area contributed by atoms with Crippen LogP contribution >= 0.6 is 11.6 Å². The van der Waals surface area contributed by atoms with Crippen molar-refractivity contribution in [3.63, 3.8) is 0 Å². The average molecular weight is 537 g/mol. The number of urea groups is 1. The SMILES string of the molecule is COc1cccc(OCCOc2c(Cl)cc(/C=C3/C(=O)NC(=O)N(c4ccc(C)cc4)C3=O)cc2OC)c1. The summed E-state index contributed by atoms with van der Waals surface area (Å²) in [6.07, 6.45) is 1.34. The first-order chi connectivity index (χ1) is 18.3. The zero-order valence-corrected chi connectivity index (χ0v) is 21.7. The highest BCUT2D eigenvalue weighted by atomic mass is 35.5. The van der Waals surface area contributed by atoms with Crippen LogP contribution in [0.4, 0.5) is 10.5 Å². The first-order valence-electron chi connectivity index (χ1n) is 11.6. The topological polar surface area (TPSA) is 103 Å². The van der Waals surface area contributed by atoms with Crippen molar-refractivity contribution in [3.05, 3.63) is 82.4 Å². The molecule has 10 heteroatoms. The molecule has 0 saturated carbocycles. The van der Waals surface area contributed by atoms with Crippen LogP contribution in [0.3, 0.4) is 0 Å². The molecule has 0 unspecified atom stereocenters. The van der Waals surface area contributed by atoms with Gasteiger partial charge in [0, 0.05) is 6.07 Å². The second-order valence-corrected chi connectivity index (χ2v) is 8.61. The number of amides is 4. The number of rotatable bonds is 9. The molecule has 1 aliphatic heterocycles. The maximum atomic E-state index is 13.1. The Morgan fingerprint density at radius 1 is 0.895 bits per heavy atom. The van der Waals surface area contributed by atoms with Crippen molar-refractivity contribution in [1.82, 2.24) is 5.32 Å². The van der Waals surface area contributed by atoms with Crippen LogP contribution in [0.2, 0.25) is 5.02 Å².